The molecule has 32 heavy (non-hydrogen) atoms. The number of carbonyl (C=O) groups excluding carboxylic acids is 2. The second-order valence-corrected chi connectivity index (χ2v) is 7.55. The minimum Gasteiger partial charge on any atom is -0.475 e. The molecule has 7 nitrogen and oxygen atoms in total. The molecule has 0 spiro atoms. The Morgan fingerprint density at radius 2 is 1.75 bits per heavy atom. The predicted octanol–water partition coefficient (Wildman–Crippen LogP) is 3.08. The number of rotatable bonds is 8. The zero-order valence-electron chi connectivity index (χ0n) is 18.6. The van der Waals surface area contributed by atoms with Crippen molar-refractivity contribution in [3.8, 4) is 0 Å². The molecule has 1 saturated heterocycles. The number of hydrogen-bond acceptors (Lipinski definition) is 4. The summed E-state index contributed by atoms with van der Waals surface area (Å²) >= 11 is 0. The highest BCUT2D eigenvalue weighted by Crippen LogP contribution is 2.13. The van der Waals surface area contributed by atoms with Crippen molar-refractivity contribution in [2.45, 2.75) is 45.7 Å². The van der Waals surface area contributed by atoms with Crippen LogP contribution in [0, 0.1) is 6.92 Å². The Kier molecular flexibility index (Phi) is 11.8. The number of carbonyl (C=O) groups is 3. The van der Waals surface area contributed by atoms with E-state index >= 15 is 0 Å². The lowest BCUT2D eigenvalue weighted by Gasteiger charge is -2.29. The molecule has 1 heterocycles. The number of alkyl halides is 3. The number of piperazine rings is 1. The van der Waals surface area contributed by atoms with Gasteiger partial charge in [-0.25, -0.2) is 4.79 Å². The Morgan fingerprint density at radius 1 is 1.12 bits per heavy atom. The Labute approximate surface area is 186 Å². The minimum atomic E-state index is -5.08. The quantitative estimate of drug-likeness (QED) is 0.583. The molecule has 0 aromatic heterocycles. The molecule has 0 unspecified atom stereocenters. The number of unbranched alkanes of at least 4 members (excludes halogenated alkanes) is 2. The maximum Gasteiger partial charge on any atom is 0.490 e. The Balaban J connectivity index is 0.000000633. The van der Waals surface area contributed by atoms with Crippen molar-refractivity contribution >= 4 is 17.8 Å². The summed E-state index contributed by atoms with van der Waals surface area (Å²) in [6.07, 6.45) is -1.48. The largest absolute Gasteiger partial charge is 0.490 e. The van der Waals surface area contributed by atoms with Crippen LogP contribution in [0.25, 0.3) is 0 Å². The van der Waals surface area contributed by atoms with Crippen molar-refractivity contribution in [1.29, 1.82) is 0 Å². The van der Waals surface area contributed by atoms with Crippen LogP contribution in [0.1, 0.15) is 48.5 Å². The number of benzene rings is 1. The van der Waals surface area contributed by atoms with Gasteiger partial charge in [-0.2, -0.15) is 13.2 Å². The molecule has 0 bridgehead atoms. The summed E-state index contributed by atoms with van der Waals surface area (Å²) in [7, 11) is 0. The van der Waals surface area contributed by atoms with E-state index in [1.165, 1.54) is 0 Å². The van der Waals surface area contributed by atoms with Gasteiger partial charge in [0.05, 0.1) is 0 Å². The number of carboxylic acids is 1. The molecule has 2 rings (SSSR count). The van der Waals surface area contributed by atoms with Crippen LogP contribution in [0.5, 0.6) is 0 Å². The fourth-order valence-corrected chi connectivity index (χ4v) is 3.13. The summed E-state index contributed by atoms with van der Waals surface area (Å²) < 4.78 is 31.7. The molecule has 1 aromatic carbocycles. The zero-order chi connectivity index (χ0) is 24.1. The average Bonchev–Trinajstić information content (AvgIpc) is 2.76. The lowest BCUT2D eigenvalue weighted by molar-refractivity contribution is -0.192. The van der Waals surface area contributed by atoms with Crippen LogP contribution in [0.3, 0.4) is 0 Å². The number of nitrogens with one attached hydrogen (secondary N) is 1. The monoisotopic (exact) mass is 459 g/mol. The van der Waals surface area contributed by atoms with Gasteiger partial charge in [0.15, 0.2) is 0 Å². The number of halogens is 3. The fourth-order valence-electron chi connectivity index (χ4n) is 3.13. The van der Waals surface area contributed by atoms with E-state index in [-0.39, 0.29) is 11.8 Å². The van der Waals surface area contributed by atoms with Gasteiger partial charge >= 0.3 is 12.1 Å². The van der Waals surface area contributed by atoms with Crippen LogP contribution in [0.2, 0.25) is 0 Å². The minimum absolute atomic E-state index is 0.0351. The van der Waals surface area contributed by atoms with Gasteiger partial charge < -0.3 is 20.2 Å². The zero-order valence-corrected chi connectivity index (χ0v) is 18.6. The van der Waals surface area contributed by atoms with Crippen LogP contribution < -0.4 is 5.32 Å². The van der Waals surface area contributed by atoms with E-state index in [0.29, 0.717) is 18.5 Å². The molecule has 0 saturated carbocycles. The molecule has 1 aliphatic heterocycles. The first-order valence-electron chi connectivity index (χ1n) is 10.7. The molecule has 1 fully saturated rings. The smallest absolute Gasteiger partial charge is 0.475 e. The summed E-state index contributed by atoms with van der Waals surface area (Å²) in [6, 6.07) is 7.69. The summed E-state index contributed by atoms with van der Waals surface area (Å²) in [5.74, 6) is -2.57. The van der Waals surface area contributed by atoms with Gasteiger partial charge in [-0.05, 0) is 25.5 Å². The summed E-state index contributed by atoms with van der Waals surface area (Å²) in [5.41, 5.74) is 1.79. The highest BCUT2D eigenvalue weighted by molar-refractivity contribution is 5.94. The molecule has 1 aliphatic rings. The van der Waals surface area contributed by atoms with Crippen molar-refractivity contribution in [3.05, 3.63) is 35.4 Å². The van der Waals surface area contributed by atoms with Crippen LogP contribution in [-0.2, 0) is 9.59 Å². The SMILES string of the molecule is CCCCCN(CCC(=O)N1CCNCC1)C(=O)c1cccc(C)c1.O=C(O)C(F)(F)F. The average molecular weight is 460 g/mol. The van der Waals surface area contributed by atoms with Crippen molar-refractivity contribution in [1.82, 2.24) is 15.1 Å². The molecular weight excluding hydrogens is 427 g/mol. The van der Waals surface area contributed by atoms with Gasteiger partial charge in [-0.3, -0.25) is 9.59 Å². The van der Waals surface area contributed by atoms with Crippen molar-refractivity contribution < 1.29 is 32.7 Å². The van der Waals surface area contributed by atoms with E-state index in [9.17, 15) is 22.8 Å². The number of amides is 2. The van der Waals surface area contributed by atoms with Gasteiger partial charge in [0.2, 0.25) is 5.91 Å². The van der Waals surface area contributed by atoms with Crippen molar-refractivity contribution in [2.24, 2.45) is 0 Å². The summed E-state index contributed by atoms with van der Waals surface area (Å²) in [6.45, 7) is 8.60. The van der Waals surface area contributed by atoms with E-state index < -0.39 is 12.1 Å². The molecule has 10 heteroatoms. The first-order valence-corrected chi connectivity index (χ1v) is 10.7. The summed E-state index contributed by atoms with van der Waals surface area (Å²) in [5, 5.41) is 10.4. The Hall–Kier alpha value is -2.62. The standard InChI is InChI=1S/C20H31N3O2.C2HF3O2/c1-3-4-5-12-23(20(25)18-8-6-7-17(2)16-18)13-9-19(24)22-14-10-21-11-15-22;3-2(4,5)1(6)7/h6-8,16,21H,3-5,9-15H2,1-2H3;(H,6,7). The number of aryl methyl sites for hydroxylation is 1. The summed E-state index contributed by atoms with van der Waals surface area (Å²) in [4.78, 5) is 37.9. The predicted molar refractivity (Wildman–Crippen MR) is 114 cm³/mol. The third-order valence-electron chi connectivity index (χ3n) is 4.89. The molecule has 0 atom stereocenters. The number of nitrogens with zero attached hydrogens (tertiary/aromatic N) is 2. The molecule has 2 amide bonds. The normalized spacial score (nSPS) is 13.7. The molecule has 1 aromatic rings. The lowest BCUT2D eigenvalue weighted by Crippen LogP contribution is -2.47. The van der Waals surface area contributed by atoms with Crippen LogP contribution >= 0.6 is 0 Å². The van der Waals surface area contributed by atoms with Gasteiger partial charge in [-0.1, -0.05) is 37.5 Å². The fraction of sp³-hybridized carbons (Fsp3) is 0.591. The second kappa shape index (κ2) is 13.7. The Morgan fingerprint density at radius 3 is 2.28 bits per heavy atom. The third kappa shape index (κ3) is 10.1. The maximum atomic E-state index is 12.9. The van der Waals surface area contributed by atoms with E-state index in [0.717, 1.165) is 57.5 Å². The maximum absolute atomic E-state index is 12.9. The molecule has 180 valence electrons. The third-order valence-corrected chi connectivity index (χ3v) is 4.89. The highest BCUT2D eigenvalue weighted by Gasteiger charge is 2.38. The lowest BCUT2D eigenvalue weighted by atomic mass is 10.1. The molecule has 0 radical (unpaired) electrons. The van der Waals surface area contributed by atoms with Crippen molar-refractivity contribution in [3.63, 3.8) is 0 Å². The van der Waals surface area contributed by atoms with Gasteiger partial charge in [0, 0.05) is 51.3 Å². The van der Waals surface area contributed by atoms with Crippen LogP contribution in [-0.4, -0.2) is 78.1 Å². The number of carboxylic acid groups (broad SMARTS) is 1. The second-order valence-electron chi connectivity index (χ2n) is 7.55. The number of hydrogen-bond donors (Lipinski definition) is 2. The van der Waals surface area contributed by atoms with Gasteiger partial charge in [0.25, 0.3) is 5.91 Å². The van der Waals surface area contributed by atoms with Gasteiger partial charge in [-0.15, -0.1) is 0 Å². The van der Waals surface area contributed by atoms with E-state index in [1.807, 2.05) is 41.0 Å². The molecule has 2 N–H and O–H groups in total. The van der Waals surface area contributed by atoms with Crippen LogP contribution in [0.4, 0.5) is 13.2 Å². The first-order chi connectivity index (χ1) is 15.1. The van der Waals surface area contributed by atoms with E-state index in [2.05, 4.69) is 12.2 Å². The first kappa shape index (κ1) is 27.4. The topological polar surface area (TPSA) is 90.0 Å². The van der Waals surface area contributed by atoms with Gasteiger partial charge in [0.1, 0.15) is 0 Å². The van der Waals surface area contributed by atoms with Crippen molar-refractivity contribution in [2.75, 3.05) is 39.3 Å². The Bertz CT molecular complexity index is 750. The van der Waals surface area contributed by atoms with Crippen LogP contribution in [0.15, 0.2) is 24.3 Å². The highest BCUT2D eigenvalue weighted by atomic mass is 19.4. The van der Waals surface area contributed by atoms with E-state index in [1.54, 1.807) is 0 Å². The number of aliphatic carboxylic acids is 1. The molecule has 0 aliphatic carbocycles. The van der Waals surface area contributed by atoms with E-state index in [4.69, 9.17) is 9.90 Å². The molecular formula is C22H32F3N3O4.